The van der Waals surface area contributed by atoms with Crippen LogP contribution in [0.15, 0.2) is 77.8 Å². The van der Waals surface area contributed by atoms with Crippen molar-refractivity contribution in [1.29, 1.82) is 0 Å². The summed E-state index contributed by atoms with van der Waals surface area (Å²) >= 11 is 0. The van der Waals surface area contributed by atoms with Crippen molar-refractivity contribution in [3.8, 4) is 0 Å². The molecule has 152 valence electrons. The van der Waals surface area contributed by atoms with Crippen LogP contribution in [0.2, 0.25) is 0 Å². The van der Waals surface area contributed by atoms with E-state index in [4.69, 9.17) is 0 Å². The molecule has 0 unspecified atom stereocenters. The number of aromatic nitrogens is 1. The van der Waals surface area contributed by atoms with Gasteiger partial charge in [-0.25, -0.2) is 8.42 Å². The highest BCUT2D eigenvalue weighted by Gasteiger charge is 2.43. The second-order valence-electron chi connectivity index (χ2n) is 7.57. The monoisotopic (exact) mass is 410 g/mol. The van der Waals surface area contributed by atoms with Crippen molar-refractivity contribution in [3.63, 3.8) is 0 Å². The van der Waals surface area contributed by atoms with Crippen LogP contribution < -0.4 is 0 Å². The predicted molar refractivity (Wildman–Crippen MR) is 113 cm³/mol. The van der Waals surface area contributed by atoms with Gasteiger partial charge in [0.05, 0.1) is 17.0 Å². The van der Waals surface area contributed by atoms with Crippen LogP contribution in [-0.2, 0) is 29.9 Å². The van der Waals surface area contributed by atoms with Gasteiger partial charge in [0, 0.05) is 37.5 Å². The Morgan fingerprint density at radius 3 is 2.41 bits per heavy atom. The Hall–Kier alpha value is -2.41. The van der Waals surface area contributed by atoms with Gasteiger partial charge in [-0.3, -0.25) is 0 Å². The van der Waals surface area contributed by atoms with E-state index < -0.39 is 22.2 Å². The van der Waals surface area contributed by atoms with Crippen LogP contribution in [0.3, 0.4) is 0 Å². The number of sulfonamides is 1. The van der Waals surface area contributed by atoms with Gasteiger partial charge < -0.3 is 9.67 Å². The third kappa shape index (κ3) is 3.88. The lowest BCUT2D eigenvalue weighted by Crippen LogP contribution is -2.49. The number of rotatable bonds is 6. The van der Waals surface area contributed by atoms with Crippen LogP contribution in [0.4, 0.5) is 0 Å². The van der Waals surface area contributed by atoms with Crippen molar-refractivity contribution in [2.45, 2.75) is 36.3 Å². The molecule has 1 aromatic heterocycles. The number of nitrogens with zero attached hydrogens (tertiary/aromatic N) is 2. The van der Waals surface area contributed by atoms with Gasteiger partial charge in [0.15, 0.2) is 0 Å². The van der Waals surface area contributed by atoms with E-state index in [-0.39, 0.29) is 4.90 Å². The SMILES string of the molecule is Cn1cccc1C[C@H]1[C@@H](O)c2ccccc2S(=O)(=O)N1CCCc1ccccc1. The van der Waals surface area contributed by atoms with Crippen LogP contribution in [-0.4, -0.2) is 35.0 Å². The van der Waals surface area contributed by atoms with Gasteiger partial charge in [-0.2, -0.15) is 4.31 Å². The standard InChI is InChI=1S/C23H26N2O3S/c1-24-15-8-12-19(24)17-21-23(26)20-13-5-6-14-22(20)29(27,28)25(21)16-7-11-18-9-3-2-4-10-18/h2-6,8-10,12-15,21,23,26H,7,11,16-17H2,1H3/t21-,23-/m0/s1. The van der Waals surface area contributed by atoms with E-state index in [9.17, 15) is 13.5 Å². The number of hydrogen-bond donors (Lipinski definition) is 1. The van der Waals surface area contributed by atoms with Crippen molar-refractivity contribution in [2.75, 3.05) is 6.54 Å². The summed E-state index contributed by atoms with van der Waals surface area (Å²) in [6.07, 6.45) is 3.03. The Balaban J connectivity index is 1.65. The van der Waals surface area contributed by atoms with Gasteiger partial charge in [0.1, 0.15) is 0 Å². The fourth-order valence-corrected chi connectivity index (χ4v) is 6.04. The molecule has 0 aliphatic carbocycles. The van der Waals surface area contributed by atoms with E-state index in [1.54, 1.807) is 24.3 Å². The number of hydrogen-bond acceptors (Lipinski definition) is 3. The first-order chi connectivity index (χ1) is 14.0. The fraction of sp³-hybridized carbons (Fsp3) is 0.304. The van der Waals surface area contributed by atoms with E-state index in [0.717, 1.165) is 12.1 Å². The Bertz CT molecular complexity index is 1080. The lowest BCUT2D eigenvalue weighted by molar-refractivity contribution is 0.0784. The smallest absolute Gasteiger partial charge is 0.243 e. The number of aryl methyl sites for hydroxylation is 2. The van der Waals surface area contributed by atoms with Crippen molar-refractivity contribution < 1.29 is 13.5 Å². The maximum atomic E-state index is 13.4. The third-order valence-electron chi connectivity index (χ3n) is 5.72. The number of benzene rings is 2. The maximum Gasteiger partial charge on any atom is 0.243 e. The molecule has 0 fully saturated rings. The molecule has 2 heterocycles. The molecule has 3 aromatic rings. The lowest BCUT2D eigenvalue weighted by Gasteiger charge is -2.39. The Morgan fingerprint density at radius 2 is 1.69 bits per heavy atom. The van der Waals surface area contributed by atoms with E-state index in [2.05, 4.69) is 12.1 Å². The molecular weight excluding hydrogens is 384 g/mol. The molecule has 0 saturated heterocycles. The zero-order chi connectivity index (χ0) is 20.4. The Kier molecular flexibility index (Phi) is 5.58. The van der Waals surface area contributed by atoms with Gasteiger partial charge in [0.2, 0.25) is 10.0 Å². The summed E-state index contributed by atoms with van der Waals surface area (Å²) in [6.45, 7) is 0.373. The molecule has 0 radical (unpaired) electrons. The molecule has 0 spiro atoms. The summed E-state index contributed by atoms with van der Waals surface area (Å²) in [5, 5.41) is 11.1. The van der Waals surface area contributed by atoms with Crippen LogP contribution in [0.1, 0.15) is 29.3 Å². The number of aliphatic hydroxyl groups excluding tert-OH is 1. The highest BCUT2D eigenvalue weighted by Crippen LogP contribution is 2.38. The highest BCUT2D eigenvalue weighted by atomic mass is 32.2. The lowest BCUT2D eigenvalue weighted by atomic mass is 9.97. The predicted octanol–water partition coefficient (Wildman–Crippen LogP) is 3.31. The van der Waals surface area contributed by atoms with E-state index >= 15 is 0 Å². The average Bonchev–Trinajstić information content (AvgIpc) is 3.13. The van der Waals surface area contributed by atoms with E-state index in [1.807, 2.05) is 48.1 Å². The minimum absolute atomic E-state index is 0.218. The fourth-order valence-electron chi connectivity index (χ4n) is 4.14. The van der Waals surface area contributed by atoms with Crippen LogP contribution >= 0.6 is 0 Å². The third-order valence-corrected chi connectivity index (χ3v) is 7.71. The molecule has 5 nitrogen and oxygen atoms in total. The molecule has 0 amide bonds. The first-order valence-electron chi connectivity index (χ1n) is 9.91. The Labute approximate surface area is 172 Å². The van der Waals surface area contributed by atoms with Crippen molar-refractivity contribution in [3.05, 3.63) is 89.7 Å². The molecule has 29 heavy (non-hydrogen) atoms. The normalized spacial score (nSPS) is 21.0. The molecular formula is C23H26N2O3S. The molecule has 0 bridgehead atoms. The van der Waals surface area contributed by atoms with Crippen molar-refractivity contribution in [1.82, 2.24) is 8.87 Å². The molecule has 6 heteroatoms. The summed E-state index contributed by atoms with van der Waals surface area (Å²) in [4.78, 5) is 0.218. The Morgan fingerprint density at radius 1 is 0.966 bits per heavy atom. The maximum absolute atomic E-state index is 13.4. The quantitative estimate of drug-likeness (QED) is 0.678. The van der Waals surface area contributed by atoms with Gasteiger partial charge >= 0.3 is 0 Å². The molecule has 1 aliphatic rings. The summed E-state index contributed by atoms with van der Waals surface area (Å²) in [6, 6.07) is 20.2. The summed E-state index contributed by atoms with van der Waals surface area (Å²) in [5.41, 5.74) is 2.67. The zero-order valence-corrected chi connectivity index (χ0v) is 17.3. The van der Waals surface area contributed by atoms with E-state index in [0.29, 0.717) is 24.9 Å². The van der Waals surface area contributed by atoms with E-state index in [1.165, 1.54) is 9.87 Å². The van der Waals surface area contributed by atoms with Crippen LogP contribution in [0.5, 0.6) is 0 Å². The molecule has 1 N–H and O–H groups in total. The zero-order valence-electron chi connectivity index (χ0n) is 16.5. The molecule has 0 saturated carbocycles. The van der Waals surface area contributed by atoms with Crippen molar-refractivity contribution in [2.24, 2.45) is 7.05 Å². The summed E-state index contributed by atoms with van der Waals surface area (Å²) in [7, 11) is -1.73. The average molecular weight is 411 g/mol. The summed E-state index contributed by atoms with van der Waals surface area (Å²) in [5.74, 6) is 0. The van der Waals surface area contributed by atoms with Gasteiger partial charge in [-0.15, -0.1) is 0 Å². The highest BCUT2D eigenvalue weighted by molar-refractivity contribution is 7.89. The minimum atomic E-state index is -3.67. The van der Waals surface area contributed by atoms with Gasteiger partial charge in [-0.1, -0.05) is 48.5 Å². The molecule has 2 atom stereocenters. The molecule has 1 aliphatic heterocycles. The second kappa shape index (κ2) is 8.14. The topological polar surface area (TPSA) is 62.5 Å². The van der Waals surface area contributed by atoms with Gasteiger partial charge in [-0.05, 0) is 36.6 Å². The summed E-state index contributed by atoms with van der Waals surface area (Å²) < 4.78 is 30.3. The van der Waals surface area contributed by atoms with Gasteiger partial charge in [0.25, 0.3) is 0 Å². The number of aliphatic hydroxyl groups is 1. The second-order valence-corrected chi connectivity index (χ2v) is 9.43. The molecule has 2 aromatic carbocycles. The minimum Gasteiger partial charge on any atom is -0.387 e. The molecule has 4 rings (SSSR count). The van der Waals surface area contributed by atoms with Crippen molar-refractivity contribution >= 4 is 10.0 Å². The first-order valence-corrected chi connectivity index (χ1v) is 11.4. The van der Waals surface area contributed by atoms with Crippen LogP contribution in [0.25, 0.3) is 0 Å². The van der Waals surface area contributed by atoms with Crippen LogP contribution in [0, 0.1) is 0 Å². The number of fused-ring (bicyclic) bond motifs is 1. The first kappa shape index (κ1) is 19.9. The largest absolute Gasteiger partial charge is 0.387 e.